The lowest BCUT2D eigenvalue weighted by Gasteiger charge is -2.17. The average molecular weight is 329 g/mol. The summed E-state index contributed by atoms with van der Waals surface area (Å²) in [6.45, 7) is 2.71. The zero-order chi connectivity index (χ0) is 15.0. The Kier molecular flexibility index (Phi) is 4.28. The van der Waals surface area contributed by atoms with Gasteiger partial charge in [-0.15, -0.1) is 0 Å². The largest absolute Gasteiger partial charge is 0.309 e. The first-order chi connectivity index (χ1) is 9.95. The highest BCUT2D eigenvalue weighted by atomic mass is 35.5. The number of nitrogens with zero attached hydrogens (tertiary/aromatic N) is 1. The molecule has 0 bridgehead atoms. The van der Waals surface area contributed by atoms with Crippen LogP contribution in [-0.4, -0.2) is 44.7 Å². The summed E-state index contributed by atoms with van der Waals surface area (Å²) in [5.41, 5.74) is 0.687. The summed E-state index contributed by atoms with van der Waals surface area (Å²) in [6, 6.07) is 6.28. The van der Waals surface area contributed by atoms with Gasteiger partial charge in [0.2, 0.25) is 0 Å². The Balaban J connectivity index is 1.68. The van der Waals surface area contributed by atoms with E-state index in [1.54, 1.807) is 18.2 Å². The minimum Gasteiger partial charge on any atom is -0.309 e. The molecule has 6 heteroatoms. The van der Waals surface area contributed by atoms with E-state index in [1.165, 1.54) is 19.1 Å². The topological polar surface area (TPSA) is 49.4 Å². The third kappa shape index (κ3) is 3.59. The van der Waals surface area contributed by atoms with Crippen molar-refractivity contribution in [1.29, 1.82) is 0 Å². The van der Waals surface area contributed by atoms with Gasteiger partial charge in [0.15, 0.2) is 9.84 Å². The Morgan fingerprint density at radius 2 is 2.10 bits per heavy atom. The fourth-order valence-corrected chi connectivity index (χ4v) is 4.28. The zero-order valence-electron chi connectivity index (χ0n) is 12.2. The molecule has 1 saturated heterocycles. The lowest BCUT2D eigenvalue weighted by atomic mass is 10.2. The van der Waals surface area contributed by atoms with Crippen LogP contribution in [0.15, 0.2) is 23.1 Å². The van der Waals surface area contributed by atoms with Crippen molar-refractivity contribution in [3.05, 3.63) is 28.8 Å². The van der Waals surface area contributed by atoms with Gasteiger partial charge in [0.05, 0.1) is 4.90 Å². The monoisotopic (exact) mass is 328 g/mol. The van der Waals surface area contributed by atoms with Crippen molar-refractivity contribution in [2.75, 3.05) is 19.3 Å². The molecule has 3 rings (SSSR count). The number of nitrogens with one attached hydrogen (secondary N) is 1. The summed E-state index contributed by atoms with van der Waals surface area (Å²) in [7, 11) is -3.25. The van der Waals surface area contributed by atoms with E-state index in [1.807, 2.05) is 0 Å². The quantitative estimate of drug-likeness (QED) is 0.899. The van der Waals surface area contributed by atoms with Crippen LogP contribution in [0.2, 0.25) is 5.02 Å². The van der Waals surface area contributed by atoms with Gasteiger partial charge in [0.25, 0.3) is 0 Å². The van der Waals surface area contributed by atoms with Crippen LogP contribution in [0.3, 0.4) is 0 Å². The van der Waals surface area contributed by atoms with E-state index < -0.39 is 9.84 Å². The summed E-state index contributed by atoms with van der Waals surface area (Å²) in [4.78, 5) is 2.86. The Labute approximate surface area is 131 Å². The lowest BCUT2D eigenvalue weighted by molar-refractivity contribution is 0.317. The molecule has 1 heterocycles. The molecule has 1 aliphatic carbocycles. The normalized spacial score (nSPS) is 23.6. The molecule has 1 aromatic rings. The molecule has 1 unspecified atom stereocenters. The second-order valence-corrected chi connectivity index (χ2v) is 8.47. The van der Waals surface area contributed by atoms with Crippen LogP contribution in [0.5, 0.6) is 0 Å². The maximum absolute atomic E-state index is 11.9. The van der Waals surface area contributed by atoms with Crippen LogP contribution in [-0.2, 0) is 16.4 Å². The Hall–Kier alpha value is -0.620. The van der Waals surface area contributed by atoms with Crippen LogP contribution < -0.4 is 5.32 Å². The maximum Gasteiger partial charge on any atom is 0.175 e. The standard InChI is InChI=1S/C15H21ClN2O2S/c1-21(19,20)15-4-2-3-14(16)13(15)9-17-11-7-8-18(10-11)12-5-6-12/h2-4,11-12,17H,5-10H2,1H3. The van der Waals surface area contributed by atoms with E-state index in [2.05, 4.69) is 10.2 Å². The fraction of sp³-hybridized carbons (Fsp3) is 0.600. The number of halogens is 1. The van der Waals surface area contributed by atoms with Crippen LogP contribution in [0, 0.1) is 0 Å². The molecule has 4 nitrogen and oxygen atoms in total. The molecule has 1 atom stereocenters. The Morgan fingerprint density at radius 3 is 2.76 bits per heavy atom. The first kappa shape index (κ1) is 15.3. The number of hydrogen-bond donors (Lipinski definition) is 1. The van der Waals surface area contributed by atoms with Gasteiger partial charge < -0.3 is 5.32 Å². The minimum absolute atomic E-state index is 0.333. The molecule has 116 valence electrons. The van der Waals surface area contributed by atoms with E-state index in [9.17, 15) is 8.42 Å². The molecule has 0 aromatic heterocycles. The van der Waals surface area contributed by atoms with Crippen molar-refractivity contribution in [3.8, 4) is 0 Å². The molecule has 21 heavy (non-hydrogen) atoms. The highest BCUT2D eigenvalue weighted by Gasteiger charge is 2.34. The van der Waals surface area contributed by atoms with Crippen LogP contribution in [0.25, 0.3) is 0 Å². The summed E-state index contributed by atoms with van der Waals surface area (Å²) >= 11 is 6.20. The highest BCUT2D eigenvalue weighted by Crippen LogP contribution is 2.30. The van der Waals surface area contributed by atoms with Gasteiger partial charge in [-0.25, -0.2) is 8.42 Å². The number of likely N-dealkylation sites (tertiary alicyclic amines) is 1. The number of hydrogen-bond acceptors (Lipinski definition) is 4. The van der Waals surface area contributed by atoms with E-state index in [-0.39, 0.29) is 0 Å². The van der Waals surface area contributed by atoms with Gasteiger partial charge in [-0.1, -0.05) is 17.7 Å². The first-order valence-electron chi connectivity index (χ1n) is 7.40. The van der Waals surface area contributed by atoms with Gasteiger partial charge in [0.1, 0.15) is 0 Å². The molecule has 2 aliphatic rings. The van der Waals surface area contributed by atoms with Gasteiger partial charge in [-0.3, -0.25) is 4.90 Å². The lowest BCUT2D eigenvalue weighted by Crippen LogP contribution is -2.33. The second-order valence-electron chi connectivity index (χ2n) is 6.08. The van der Waals surface area contributed by atoms with Crippen LogP contribution in [0.1, 0.15) is 24.8 Å². The third-order valence-corrected chi connectivity index (χ3v) is 5.86. The molecule has 1 aromatic carbocycles. The predicted molar refractivity (Wildman–Crippen MR) is 84.4 cm³/mol. The summed E-state index contributed by atoms with van der Waals surface area (Å²) in [5, 5.41) is 3.99. The van der Waals surface area contributed by atoms with Crippen molar-refractivity contribution in [2.45, 2.75) is 42.8 Å². The van der Waals surface area contributed by atoms with Crippen LogP contribution >= 0.6 is 11.6 Å². The van der Waals surface area contributed by atoms with Crippen LogP contribution in [0.4, 0.5) is 0 Å². The van der Waals surface area contributed by atoms with Crippen molar-refractivity contribution in [3.63, 3.8) is 0 Å². The molecule has 1 N–H and O–H groups in total. The van der Waals surface area contributed by atoms with Gasteiger partial charge >= 0.3 is 0 Å². The van der Waals surface area contributed by atoms with Crippen molar-refractivity contribution >= 4 is 21.4 Å². The van der Waals surface area contributed by atoms with Crippen molar-refractivity contribution < 1.29 is 8.42 Å². The summed E-state index contributed by atoms with van der Waals surface area (Å²) in [6.07, 6.45) is 5.01. The summed E-state index contributed by atoms with van der Waals surface area (Å²) in [5.74, 6) is 0. The minimum atomic E-state index is -3.25. The SMILES string of the molecule is CS(=O)(=O)c1cccc(Cl)c1CNC1CCN(C2CC2)C1. The Morgan fingerprint density at radius 1 is 1.33 bits per heavy atom. The first-order valence-corrected chi connectivity index (χ1v) is 9.67. The van der Waals surface area contributed by atoms with E-state index in [0.717, 1.165) is 25.6 Å². The molecular weight excluding hydrogens is 308 g/mol. The zero-order valence-corrected chi connectivity index (χ0v) is 13.8. The maximum atomic E-state index is 11.9. The number of benzene rings is 1. The molecule has 0 amide bonds. The van der Waals surface area contributed by atoms with Crippen molar-refractivity contribution in [2.24, 2.45) is 0 Å². The Bertz CT molecular complexity index is 629. The second kappa shape index (κ2) is 5.88. The molecule has 1 aliphatic heterocycles. The fourth-order valence-electron chi connectivity index (χ4n) is 3.03. The van der Waals surface area contributed by atoms with E-state index >= 15 is 0 Å². The van der Waals surface area contributed by atoms with Crippen molar-refractivity contribution in [1.82, 2.24) is 10.2 Å². The molecule has 2 fully saturated rings. The molecule has 1 saturated carbocycles. The van der Waals surface area contributed by atoms with Gasteiger partial charge in [-0.2, -0.15) is 0 Å². The highest BCUT2D eigenvalue weighted by molar-refractivity contribution is 7.90. The third-order valence-electron chi connectivity index (χ3n) is 4.33. The molecule has 0 radical (unpaired) electrons. The number of sulfone groups is 1. The van der Waals surface area contributed by atoms with E-state index in [0.29, 0.717) is 28.1 Å². The van der Waals surface area contributed by atoms with E-state index in [4.69, 9.17) is 11.6 Å². The predicted octanol–water partition coefficient (Wildman–Crippen LogP) is 2.07. The van der Waals surface area contributed by atoms with Gasteiger partial charge in [0, 0.05) is 48.6 Å². The molecule has 0 spiro atoms. The van der Waals surface area contributed by atoms with Gasteiger partial charge in [-0.05, 0) is 31.4 Å². The average Bonchev–Trinajstić information content (AvgIpc) is 3.16. The number of rotatable bonds is 5. The smallest absolute Gasteiger partial charge is 0.175 e. The summed E-state index contributed by atoms with van der Waals surface area (Å²) < 4.78 is 23.7. The molecular formula is C15H21ClN2O2S.